The van der Waals surface area contributed by atoms with Gasteiger partial charge in [-0.05, 0) is 43.2 Å². The van der Waals surface area contributed by atoms with Crippen molar-refractivity contribution in [3.05, 3.63) is 57.5 Å². The average molecular weight is 444 g/mol. The van der Waals surface area contributed by atoms with Gasteiger partial charge in [0.05, 0.1) is 10.6 Å². The fourth-order valence-corrected chi connectivity index (χ4v) is 2.76. The summed E-state index contributed by atoms with van der Waals surface area (Å²) in [6.07, 6.45) is -2.72. The molecule has 0 saturated heterocycles. The zero-order chi connectivity index (χ0) is 21.3. The number of aryl methyl sites for hydroxylation is 2. The van der Waals surface area contributed by atoms with Crippen LogP contribution in [0.4, 0.5) is 30.5 Å². The number of nitrogens with one attached hydrogen (secondary N) is 1. The summed E-state index contributed by atoms with van der Waals surface area (Å²) < 4.78 is 44.0. The van der Waals surface area contributed by atoms with Gasteiger partial charge in [0.2, 0.25) is 5.88 Å². The maximum Gasteiger partial charge on any atom is 0.417 e. The molecule has 0 unspecified atom stereocenters. The zero-order valence-corrected chi connectivity index (χ0v) is 16.6. The number of pyridine rings is 1. The Labute approximate surface area is 173 Å². The van der Waals surface area contributed by atoms with Gasteiger partial charge in [-0.15, -0.1) is 0 Å². The lowest BCUT2D eigenvalue weighted by Gasteiger charge is -2.14. The first-order valence-corrected chi connectivity index (χ1v) is 8.86. The van der Waals surface area contributed by atoms with Crippen molar-refractivity contribution >= 4 is 40.5 Å². The molecule has 3 rings (SSSR count). The molecule has 6 nitrogen and oxygen atoms in total. The molecule has 0 bridgehead atoms. The van der Waals surface area contributed by atoms with Crippen LogP contribution in [0.3, 0.4) is 0 Å². The van der Waals surface area contributed by atoms with Crippen LogP contribution in [-0.2, 0) is 6.18 Å². The monoisotopic (exact) mass is 443 g/mol. The zero-order valence-electron chi connectivity index (χ0n) is 15.1. The lowest BCUT2D eigenvalue weighted by Crippen LogP contribution is -2.08. The van der Waals surface area contributed by atoms with Gasteiger partial charge >= 0.3 is 6.18 Å². The van der Waals surface area contributed by atoms with E-state index in [1.54, 1.807) is 12.1 Å². The predicted octanol–water partition coefficient (Wildman–Crippen LogP) is 5.93. The second-order valence-electron chi connectivity index (χ2n) is 6.09. The Morgan fingerprint density at radius 1 is 1.00 bits per heavy atom. The lowest BCUT2D eigenvalue weighted by molar-refractivity contribution is -0.137. The normalized spacial score (nSPS) is 11.4. The number of nitrogen functional groups attached to an aromatic ring is 1. The van der Waals surface area contributed by atoms with Crippen molar-refractivity contribution in [3.63, 3.8) is 0 Å². The van der Waals surface area contributed by atoms with Crippen molar-refractivity contribution < 1.29 is 17.9 Å². The summed E-state index contributed by atoms with van der Waals surface area (Å²) in [4.78, 5) is 11.7. The fourth-order valence-electron chi connectivity index (χ4n) is 2.43. The minimum absolute atomic E-state index is 0.0236. The molecular formula is C18H14Cl2F3N5O. The molecule has 11 heteroatoms. The number of rotatable bonds is 4. The smallest absolute Gasteiger partial charge is 0.417 e. The first-order valence-electron chi connectivity index (χ1n) is 8.11. The maximum atomic E-state index is 12.7. The van der Waals surface area contributed by atoms with Gasteiger partial charge in [-0.2, -0.15) is 18.2 Å². The third kappa shape index (κ3) is 4.63. The number of nitrogens with zero attached hydrogens (tertiary/aromatic N) is 3. The Hall–Kier alpha value is -2.78. The first-order chi connectivity index (χ1) is 13.6. The van der Waals surface area contributed by atoms with Crippen molar-refractivity contribution in [2.24, 2.45) is 0 Å². The van der Waals surface area contributed by atoms with E-state index in [9.17, 15) is 13.2 Å². The molecular weight excluding hydrogens is 430 g/mol. The second-order valence-corrected chi connectivity index (χ2v) is 6.88. The summed E-state index contributed by atoms with van der Waals surface area (Å²) in [5.41, 5.74) is 6.72. The minimum Gasteiger partial charge on any atom is -0.437 e. The van der Waals surface area contributed by atoms with Crippen molar-refractivity contribution in [2.45, 2.75) is 20.0 Å². The average Bonchev–Trinajstić information content (AvgIpc) is 2.63. The van der Waals surface area contributed by atoms with E-state index in [1.165, 1.54) is 6.33 Å². The number of hydrogen-bond donors (Lipinski definition) is 2. The van der Waals surface area contributed by atoms with E-state index < -0.39 is 11.7 Å². The number of anilines is 3. The molecule has 29 heavy (non-hydrogen) atoms. The molecule has 0 spiro atoms. The Bertz CT molecular complexity index is 1050. The van der Waals surface area contributed by atoms with Gasteiger partial charge < -0.3 is 15.8 Å². The topological polar surface area (TPSA) is 86.0 Å². The van der Waals surface area contributed by atoms with Crippen molar-refractivity contribution in [2.75, 3.05) is 11.1 Å². The number of halogens is 5. The van der Waals surface area contributed by atoms with Crippen LogP contribution in [-0.4, -0.2) is 15.0 Å². The van der Waals surface area contributed by atoms with Crippen LogP contribution in [0.2, 0.25) is 10.0 Å². The molecule has 152 valence electrons. The molecule has 0 aliphatic rings. The van der Waals surface area contributed by atoms with E-state index in [2.05, 4.69) is 20.3 Å². The first kappa shape index (κ1) is 20.9. The quantitative estimate of drug-likeness (QED) is 0.519. The van der Waals surface area contributed by atoms with Gasteiger partial charge in [0.15, 0.2) is 5.82 Å². The summed E-state index contributed by atoms with van der Waals surface area (Å²) in [6.45, 7) is 3.66. The van der Waals surface area contributed by atoms with E-state index in [0.29, 0.717) is 17.0 Å². The Morgan fingerprint density at radius 2 is 1.66 bits per heavy atom. The molecule has 0 aliphatic carbocycles. The second kappa shape index (κ2) is 7.92. The van der Waals surface area contributed by atoms with Gasteiger partial charge in [-0.25, -0.2) is 9.97 Å². The summed E-state index contributed by atoms with van der Waals surface area (Å²) in [5.74, 6) is 0.541. The number of alkyl halides is 3. The van der Waals surface area contributed by atoms with Crippen molar-refractivity contribution in [1.29, 1.82) is 0 Å². The van der Waals surface area contributed by atoms with E-state index >= 15 is 0 Å². The Balaban J connectivity index is 1.88. The third-order valence-electron chi connectivity index (χ3n) is 3.88. The Morgan fingerprint density at radius 3 is 2.24 bits per heavy atom. The molecule has 3 N–H and O–H groups in total. The van der Waals surface area contributed by atoms with Crippen LogP contribution in [0.1, 0.15) is 16.7 Å². The van der Waals surface area contributed by atoms with Crippen LogP contribution in [0.5, 0.6) is 11.6 Å². The molecule has 0 aliphatic heterocycles. The maximum absolute atomic E-state index is 12.7. The van der Waals surface area contributed by atoms with E-state index in [1.807, 2.05) is 13.8 Å². The van der Waals surface area contributed by atoms with Crippen LogP contribution in [0.25, 0.3) is 0 Å². The number of hydrogen-bond acceptors (Lipinski definition) is 6. The van der Waals surface area contributed by atoms with Gasteiger partial charge in [0, 0.05) is 11.2 Å². The molecule has 0 atom stereocenters. The lowest BCUT2D eigenvalue weighted by atomic mass is 10.1. The van der Waals surface area contributed by atoms with Crippen molar-refractivity contribution in [3.8, 4) is 11.6 Å². The number of aromatic nitrogens is 3. The standard InChI is InChI=1S/C18H14Cl2F3N5O/c1-8-3-11(4-9(2)13(8)20)29-17-14(24)16(26-7-27-17)28-15-12(19)5-10(6-25-15)18(21,22)23/h3-7H,24H2,1-2H3,(H,25,26,27,28). The molecule has 2 heterocycles. The summed E-state index contributed by atoms with van der Waals surface area (Å²) >= 11 is 12.1. The highest BCUT2D eigenvalue weighted by Crippen LogP contribution is 2.36. The minimum atomic E-state index is -4.56. The molecule has 3 aromatic rings. The number of ether oxygens (including phenoxy) is 1. The predicted molar refractivity (Wildman–Crippen MR) is 105 cm³/mol. The number of nitrogens with two attached hydrogens (primary N) is 1. The summed E-state index contributed by atoms with van der Waals surface area (Å²) in [6, 6.07) is 4.20. The highest BCUT2D eigenvalue weighted by atomic mass is 35.5. The molecule has 0 fully saturated rings. The van der Waals surface area contributed by atoms with Crippen LogP contribution >= 0.6 is 23.2 Å². The molecule has 0 saturated carbocycles. The van der Waals surface area contributed by atoms with Gasteiger partial charge in [0.1, 0.15) is 23.6 Å². The van der Waals surface area contributed by atoms with Gasteiger partial charge in [-0.3, -0.25) is 0 Å². The fraction of sp³-hybridized carbons (Fsp3) is 0.167. The highest BCUT2D eigenvalue weighted by Gasteiger charge is 2.31. The summed E-state index contributed by atoms with van der Waals surface area (Å²) in [5, 5.41) is 3.07. The molecule has 1 aromatic carbocycles. The largest absolute Gasteiger partial charge is 0.437 e. The molecule has 0 amide bonds. The van der Waals surface area contributed by atoms with E-state index in [4.69, 9.17) is 33.7 Å². The highest BCUT2D eigenvalue weighted by molar-refractivity contribution is 6.33. The Kier molecular flexibility index (Phi) is 5.72. The van der Waals surface area contributed by atoms with Gasteiger partial charge in [-0.1, -0.05) is 23.2 Å². The third-order valence-corrected chi connectivity index (χ3v) is 4.76. The van der Waals surface area contributed by atoms with Crippen LogP contribution in [0, 0.1) is 13.8 Å². The van der Waals surface area contributed by atoms with Gasteiger partial charge in [0.25, 0.3) is 0 Å². The van der Waals surface area contributed by atoms with Crippen LogP contribution < -0.4 is 15.8 Å². The molecule has 0 radical (unpaired) electrons. The van der Waals surface area contributed by atoms with Crippen molar-refractivity contribution in [1.82, 2.24) is 15.0 Å². The SMILES string of the molecule is Cc1cc(Oc2ncnc(Nc3ncc(C(F)(F)F)cc3Cl)c2N)cc(C)c1Cl. The summed E-state index contributed by atoms with van der Waals surface area (Å²) in [7, 11) is 0. The van der Waals surface area contributed by atoms with E-state index in [-0.39, 0.29) is 28.2 Å². The van der Waals surface area contributed by atoms with E-state index in [0.717, 1.165) is 17.2 Å². The van der Waals surface area contributed by atoms with Crippen LogP contribution in [0.15, 0.2) is 30.7 Å². The number of benzene rings is 1. The molecule has 2 aromatic heterocycles.